The normalized spacial score (nSPS) is 12.7. The Hall–Kier alpha value is 0.209. The SMILES string of the molecule is CC/C=[C](/C(=O)CC)[Sn]([CH2]CCC)([CH2]CCC)[CH2]CCC. The van der Waals surface area contributed by atoms with Gasteiger partial charge in [-0.1, -0.05) is 0 Å². The first-order valence-corrected chi connectivity index (χ1v) is 16.8. The van der Waals surface area contributed by atoms with Crippen LogP contribution in [0.5, 0.6) is 0 Å². The second-order valence-electron chi connectivity index (χ2n) is 6.39. The Kier molecular flexibility index (Phi) is 12.8. The molecule has 0 amide bonds. The third kappa shape index (κ3) is 7.34. The van der Waals surface area contributed by atoms with Crippen molar-refractivity contribution in [3.8, 4) is 0 Å². The molecule has 21 heavy (non-hydrogen) atoms. The Bertz CT molecular complexity index is 285. The van der Waals surface area contributed by atoms with E-state index in [1.165, 1.54) is 55.4 Å². The van der Waals surface area contributed by atoms with E-state index in [1.807, 2.05) is 6.92 Å². The molecular formula is C19H38OSn. The second-order valence-corrected chi connectivity index (χ2v) is 19.5. The minimum atomic E-state index is -2.47. The summed E-state index contributed by atoms with van der Waals surface area (Å²) in [7, 11) is 0. The van der Waals surface area contributed by atoms with E-state index < -0.39 is 18.4 Å². The molecule has 0 saturated heterocycles. The average Bonchev–Trinajstić information content (AvgIpc) is 2.52. The molecule has 0 fully saturated rings. The van der Waals surface area contributed by atoms with E-state index in [4.69, 9.17) is 0 Å². The quantitative estimate of drug-likeness (QED) is 0.248. The van der Waals surface area contributed by atoms with Crippen LogP contribution >= 0.6 is 0 Å². The third-order valence-electron chi connectivity index (χ3n) is 4.63. The first-order chi connectivity index (χ1) is 10.1. The minimum absolute atomic E-state index is 0.482. The van der Waals surface area contributed by atoms with Gasteiger partial charge in [-0.25, -0.2) is 0 Å². The molecule has 0 rings (SSSR count). The van der Waals surface area contributed by atoms with Gasteiger partial charge in [0.15, 0.2) is 0 Å². The summed E-state index contributed by atoms with van der Waals surface area (Å²) < 4.78 is 5.60. The molecule has 0 spiro atoms. The van der Waals surface area contributed by atoms with Crippen LogP contribution < -0.4 is 0 Å². The van der Waals surface area contributed by atoms with Crippen LogP contribution in [0.4, 0.5) is 0 Å². The van der Waals surface area contributed by atoms with Crippen LogP contribution in [0.25, 0.3) is 0 Å². The Morgan fingerprint density at radius 2 is 1.24 bits per heavy atom. The van der Waals surface area contributed by atoms with E-state index in [1.54, 1.807) is 0 Å². The summed E-state index contributed by atoms with van der Waals surface area (Å²) >= 11 is -2.47. The van der Waals surface area contributed by atoms with Gasteiger partial charge in [0.25, 0.3) is 0 Å². The summed E-state index contributed by atoms with van der Waals surface area (Å²) in [5, 5.41) is 0. The van der Waals surface area contributed by atoms with Crippen LogP contribution in [0.3, 0.4) is 0 Å². The molecule has 2 heteroatoms. The predicted molar refractivity (Wildman–Crippen MR) is 98.6 cm³/mol. The topological polar surface area (TPSA) is 17.1 Å². The summed E-state index contributed by atoms with van der Waals surface area (Å²) in [6, 6.07) is 0. The fraction of sp³-hybridized carbons (Fsp3) is 0.842. The number of hydrogen-bond donors (Lipinski definition) is 0. The van der Waals surface area contributed by atoms with E-state index in [2.05, 4.69) is 33.8 Å². The fourth-order valence-corrected chi connectivity index (χ4v) is 20.6. The molecule has 0 N–H and O–H groups in total. The van der Waals surface area contributed by atoms with Crippen LogP contribution in [-0.2, 0) is 4.79 Å². The van der Waals surface area contributed by atoms with E-state index >= 15 is 0 Å². The molecule has 0 aromatic carbocycles. The Morgan fingerprint density at radius 1 is 0.810 bits per heavy atom. The monoisotopic (exact) mass is 402 g/mol. The van der Waals surface area contributed by atoms with Crippen molar-refractivity contribution in [2.75, 3.05) is 0 Å². The Labute approximate surface area is 137 Å². The zero-order valence-corrected chi connectivity index (χ0v) is 18.1. The molecule has 0 radical (unpaired) electrons. The fourth-order valence-electron chi connectivity index (χ4n) is 3.35. The van der Waals surface area contributed by atoms with Gasteiger partial charge < -0.3 is 0 Å². The van der Waals surface area contributed by atoms with E-state index in [-0.39, 0.29) is 0 Å². The molecule has 0 heterocycles. The van der Waals surface area contributed by atoms with Crippen molar-refractivity contribution in [1.29, 1.82) is 0 Å². The second kappa shape index (κ2) is 12.7. The number of rotatable bonds is 13. The van der Waals surface area contributed by atoms with Gasteiger partial charge in [0.1, 0.15) is 0 Å². The van der Waals surface area contributed by atoms with Gasteiger partial charge in [-0.15, -0.1) is 0 Å². The number of unbranched alkanes of at least 4 members (excludes halogenated alkanes) is 3. The summed E-state index contributed by atoms with van der Waals surface area (Å²) in [4.78, 5) is 12.6. The Morgan fingerprint density at radius 3 is 1.52 bits per heavy atom. The van der Waals surface area contributed by atoms with Crippen molar-refractivity contribution in [3.05, 3.63) is 9.67 Å². The zero-order valence-electron chi connectivity index (χ0n) is 15.3. The van der Waals surface area contributed by atoms with E-state index in [0.717, 1.165) is 6.42 Å². The van der Waals surface area contributed by atoms with Crippen LogP contribution in [0.1, 0.15) is 86.0 Å². The molecule has 0 atom stereocenters. The number of ketones is 1. The maximum atomic E-state index is 12.6. The molecule has 0 aromatic rings. The molecule has 0 saturated carbocycles. The number of carbonyl (C=O) groups is 1. The molecular weight excluding hydrogens is 363 g/mol. The summed E-state index contributed by atoms with van der Waals surface area (Å²) in [5.41, 5.74) is 0. The van der Waals surface area contributed by atoms with Gasteiger partial charge in [-0.05, 0) is 0 Å². The zero-order chi connectivity index (χ0) is 16.1. The summed E-state index contributed by atoms with van der Waals surface area (Å²) in [6.07, 6.45) is 11.9. The number of hydrogen-bond acceptors (Lipinski definition) is 1. The van der Waals surface area contributed by atoms with Crippen LogP contribution in [0.15, 0.2) is 9.67 Å². The first kappa shape index (κ1) is 21.2. The van der Waals surface area contributed by atoms with Crippen molar-refractivity contribution in [3.63, 3.8) is 0 Å². The predicted octanol–water partition coefficient (Wildman–Crippen LogP) is 6.69. The average molecular weight is 401 g/mol. The molecule has 0 bridgehead atoms. The molecule has 124 valence electrons. The van der Waals surface area contributed by atoms with Crippen molar-refractivity contribution >= 4 is 24.2 Å². The van der Waals surface area contributed by atoms with Crippen molar-refractivity contribution in [2.45, 2.75) is 99.3 Å². The molecule has 0 aliphatic heterocycles. The van der Waals surface area contributed by atoms with E-state index in [0.29, 0.717) is 12.2 Å². The van der Waals surface area contributed by atoms with E-state index in [9.17, 15) is 4.79 Å². The maximum absolute atomic E-state index is 12.6. The van der Waals surface area contributed by atoms with Gasteiger partial charge in [-0.2, -0.15) is 0 Å². The van der Waals surface area contributed by atoms with Gasteiger partial charge in [0.05, 0.1) is 0 Å². The number of allylic oxidation sites excluding steroid dienone is 2. The van der Waals surface area contributed by atoms with Crippen LogP contribution in [-0.4, -0.2) is 24.2 Å². The van der Waals surface area contributed by atoms with Crippen LogP contribution in [0, 0.1) is 0 Å². The van der Waals surface area contributed by atoms with Crippen molar-refractivity contribution in [1.82, 2.24) is 0 Å². The number of carbonyl (C=O) groups excluding carboxylic acids is 1. The van der Waals surface area contributed by atoms with Crippen molar-refractivity contribution < 1.29 is 4.79 Å². The number of Topliss-reactive ketones (excluding diaryl/α,β-unsaturated/α-hetero) is 1. The standard InChI is InChI=1S/C7H11O.3C4H9.Sn/c1-3-5-6-7(8)4-2;3*1-3-4-2;/h5H,3-4H2,1-2H3;3*1,3-4H2,2H3;. The molecule has 1 nitrogen and oxygen atoms in total. The molecule has 0 aromatic heterocycles. The molecule has 0 aliphatic carbocycles. The van der Waals surface area contributed by atoms with Gasteiger partial charge in [0.2, 0.25) is 0 Å². The first-order valence-electron chi connectivity index (χ1n) is 9.35. The van der Waals surface area contributed by atoms with Gasteiger partial charge in [-0.3, -0.25) is 0 Å². The Balaban J connectivity index is 5.51. The third-order valence-corrected chi connectivity index (χ3v) is 20.5. The van der Waals surface area contributed by atoms with Gasteiger partial charge >= 0.3 is 138 Å². The summed E-state index contributed by atoms with van der Waals surface area (Å²) in [6.45, 7) is 11.1. The molecule has 0 aliphatic rings. The van der Waals surface area contributed by atoms with Crippen molar-refractivity contribution in [2.24, 2.45) is 0 Å². The van der Waals surface area contributed by atoms with Gasteiger partial charge in [0, 0.05) is 0 Å². The molecule has 0 unspecified atom stereocenters. The van der Waals surface area contributed by atoms with Crippen LogP contribution in [0.2, 0.25) is 13.3 Å². The summed E-state index contributed by atoms with van der Waals surface area (Å²) in [5.74, 6) is 0.482.